The molecule has 146 valence electrons. The summed E-state index contributed by atoms with van der Waals surface area (Å²) in [6.07, 6.45) is 0. The average molecular weight is 401 g/mol. The van der Waals surface area contributed by atoms with Crippen LogP contribution in [0.5, 0.6) is 5.75 Å². The lowest BCUT2D eigenvalue weighted by molar-refractivity contribution is -0.384. The molecular formula is C19H19N3O5S. The smallest absolute Gasteiger partial charge is 0.279 e. The Balaban J connectivity index is 2.05. The quantitative estimate of drug-likeness (QED) is 0.343. The van der Waals surface area contributed by atoms with E-state index >= 15 is 0 Å². The molecule has 3 rings (SSSR count). The summed E-state index contributed by atoms with van der Waals surface area (Å²) < 4.78 is 13.1. The summed E-state index contributed by atoms with van der Waals surface area (Å²) in [4.78, 5) is 27.9. The maximum absolute atomic E-state index is 12.6. The highest BCUT2D eigenvalue weighted by molar-refractivity contribution is 7.16. The van der Waals surface area contributed by atoms with Crippen LogP contribution < -0.4 is 9.54 Å². The van der Waals surface area contributed by atoms with Crippen molar-refractivity contribution in [2.24, 2.45) is 4.99 Å². The number of aromatic nitrogens is 1. The Bertz CT molecular complexity index is 1070. The summed E-state index contributed by atoms with van der Waals surface area (Å²) in [5, 5.41) is 11.1. The van der Waals surface area contributed by atoms with Crippen molar-refractivity contribution >= 4 is 33.1 Å². The number of thiazole rings is 1. The molecule has 0 saturated carbocycles. The first kappa shape index (κ1) is 19.7. The average Bonchev–Trinajstić information content (AvgIpc) is 3.04. The molecule has 0 saturated heterocycles. The van der Waals surface area contributed by atoms with E-state index in [0.717, 1.165) is 5.52 Å². The largest absolute Gasteiger partial charge is 0.497 e. The number of nitro groups is 1. The summed E-state index contributed by atoms with van der Waals surface area (Å²) in [5.74, 6) is 0.256. The standard InChI is InChI=1S/C19H19N3O5S/c1-3-27-11-10-21-16-9-6-14(22(24)25)12-17(16)28-19(21)20-18(23)13-4-7-15(26-2)8-5-13/h4-9,12H,3,10-11H2,1-2H3. The third-order valence-electron chi connectivity index (χ3n) is 4.07. The zero-order valence-electron chi connectivity index (χ0n) is 15.5. The lowest BCUT2D eigenvalue weighted by atomic mass is 10.2. The number of amides is 1. The molecule has 0 spiro atoms. The monoisotopic (exact) mass is 401 g/mol. The highest BCUT2D eigenvalue weighted by Gasteiger charge is 2.13. The van der Waals surface area contributed by atoms with E-state index in [9.17, 15) is 14.9 Å². The summed E-state index contributed by atoms with van der Waals surface area (Å²) in [6.45, 7) is 3.41. The van der Waals surface area contributed by atoms with Gasteiger partial charge >= 0.3 is 0 Å². The highest BCUT2D eigenvalue weighted by Crippen LogP contribution is 2.23. The van der Waals surface area contributed by atoms with Crippen molar-refractivity contribution in [3.8, 4) is 5.75 Å². The molecule has 28 heavy (non-hydrogen) atoms. The highest BCUT2D eigenvalue weighted by atomic mass is 32.1. The zero-order valence-corrected chi connectivity index (χ0v) is 16.3. The van der Waals surface area contributed by atoms with Gasteiger partial charge in [0, 0.05) is 30.8 Å². The van der Waals surface area contributed by atoms with Gasteiger partial charge in [-0.1, -0.05) is 11.3 Å². The summed E-state index contributed by atoms with van der Waals surface area (Å²) in [7, 11) is 1.55. The zero-order chi connectivity index (χ0) is 20.1. The van der Waals surface area contributed by atoms with Crippen molar-refractivity contribution in [2.45, 2.75) is 13.5 Å². The fourth-order valence-electron chi connectivity index (χ4n) is 2.66. The van der Waals surface area contributed by atoms with Crippen LogP contribution >= 0.6 is 11.3 Å². The van der Waals surface area contributed by atoms with E-state index in [1.165, 1.54) is 23.5 Å². The van der Waals surface area contributed by atoms with E-state index in [1.807, 2.05) is 11.5 Å². The van der Waals surface area contributed by atoms with Crippen LogP contribution in [0.25, 0.3) is 10.2 Å². The molecule has 1 heterocycles. The van der Waals surface area contributed by atoms with Crippen LogP contribution in [0, 0.1) is 10.1 Å². The Morgan fingerprint density at radius 1 is 1.25 bits per heavy atom. The Kier molecular flexibility index (Phi) is 6.17. The molecular weight excluding hydrogens is 382 g/mol. The molecule has 0 aliphatic rings. The second-order valence-corrected chi connectivity index (χ2v) is 6.80. The number of nitrogens with zero attached hydrogens (tertiary/aromatic N) is 3. The first-order valence-corrected chi connectivity index (χ1v) is 9.43. The van der Waals surface area contributed by atoms with Crippen molar-refractivity contribution < 1.29 is 19.2 Å². The van der Waals surface area contributed by atoms with Crippen LogP contribution in [0.3, 0.4) is 0 Å². The van der Waals surface area contributed by atoms with Gasteiger partial charge in [-0.3, -0.25) is 14.9 Å². The minimum absolute atomic E-state index is 0.00117. The number of nitro benzene ring substituents is 1. The van der Waals surface area contributed by atoms with E-state index in [-0.39, 0.29) is 5.69 Å². The molecule has 0 atom stereocenters. The molecule has 0 unspecified atom stereocenters. The van der Waals surface area contributed by atoms with Crippen molar-refractivity contribution in [1.82, 2.24) is 4.57 Å². The number of hydrogen-bond acceptors (Lipinski definition) is 6. The van der Waals surface area contributed by atoms with E-state index in [4.69, 9.17) is 9.47 Å². The molecule has 1 amide bonds. The Morgan fingerprint density at radius 2 is 2.00 bits per heavy atom. The number of fused-ring (bicyclic) bond motifs is 1. The van der Waals surface area contributed by atoms with Gasteiger partial charge in [-0.2, -0.15) is 4.99 Å². The number of ether oxygens (including phenoxy) is 2. The molecule has 3 aromatic rings. The molecule has 9 heteroatoms. The van der Waals surface area contributed by atoms with Gasteiger partial charge in [-0.05, 0) is 37.3 Å². The third kappa shape index (κ3) is 4.26. The normalized spacial score (nSPS) is 11.7. The van der Waals surface area contributed by atoms with Crippen LogP contribution in [0.2, 0.25) is 0 Å². The van der Waals surface area contributed by atoms with Crippen molar-refractivity contribution in [3.63, 3.8) is 0 Å². The fourth-order valence-corrected chi connectivity index (χ4v) is 3.75. The molecule has 1 aromatic heterocycles. The third-order valence-corrected chi connectivity index (χ3v) is 5.12. The first-order valence-electron chi connectivity index (χ1n) is 8.62. The number of methoxy groups -OCH3 is 1. The number of benzene rings is 2. The minimum Gasteiger partial charge on any atom is -0.497 e. The predicted octanol–water partition coefficient (Wildman–Crippen LogP) is 3.40. The molecule has 0 fully saturated rings. The van der Waals surface area contributed by atoms with E-state index < -0.39 is 10.8 Å². The van der Waals surface area contributed by atoms with Gasteiger partial charge in [0.25, 0.3) is 11.6 Å². The van der Waals surface area contributed by atoms with Crippen molar-refractivity contribution in [3.05, 3.63) is 62.9 Å². The summed E-state index contributed by atoms with van der Waals surface area (Å²) >= 11 is 1.23. The second-order valence-electron chi connectivity index (χ2n) is 5.79. The van der Waals surface area contributed by atoms with Gasteiger partial charge in [-0.25, -0.2) is 0 Å². The Labute approximate surface area is 164 Å². The topological polar surface area (TPSA) is 96.0 Å². The lowest BCUT2D eigenvalue weighted by Crippen LogP contribution is -2.19. The first-order chi connectivity index (χ1) is 13.5. The number of carbonyl (C=O) groups is 1. The molecule has 2 aromatic carbocycles. The number of hydrogen-bond donors (Lipinski definition) is 0. The molecule has 8 nitrogen and oxygen atoms in total. The number of non-ortho nitro benzene ring substituents is 1. The predicted molar refractivity (Wildman–Crippen MR) is 106 cm³/mol. The van der Waals surface area contributed by atoms with E-state index in [0.29, 0.717) is 40.6 Å². The molecule has 0 bridgehead atoms. The summed E-state index contributed by atoms with van der Waals surface area (Å²) in [5.41, 5.74) is 1.20. The lowest BCUT2D eigenvalue weighted by Gasteiger charge is -2.05. The maximum Gasteiger partial charge on any atom is 0.279 e. The van der Waals surface area contributed by atoms with Gasteiger partial charge in [-0.15, -0.1) is 0 Å². The van der Waals surface area contributed by atoms with Gasteiger partial charge < -0.3 is 14.0 Å². The molecule has 0 aliphatic carbocycles. The fraction of sp³-hybridized carbons (Fsp3) is 0.263. The number of rotatable bonds is 7. The van der Waals surface area contributed by atoms with Gasteiger partial charge in [0.15, 0.2) is 4.80 Å². The second kappa shape index (κ2) is 8.77. The van der Waals surface area contributed by atoms with E-state index in [2.05, 4.69) is 4.99 Å². The maximum atomic E-state index is 12.6. The Hall–Kier alpha value is -3.04. The van der Waals surface area contributed by atoms with E-state index in [1.54, 1.807) is 37.4 Å². The molecule has 0 N–H and O–H groups in total. The Morgan fingerprint density at radius 3 is 2.64 bits per heavy atom. The van der Waals surface area contributed by atoms with Crippen LogP contribution in [0.4, 0.5) is 5.69 Å². The van der Waals surface area contributed by atoms with Crippen molar-refractivity contribution in [1.29, 1.82) is 0 Å². The SMILES string of the molecule is CCOCCn1c(=NC(=O)c2ccc(OC)cc2)sc2cc([N+](=O)[O-])ccc21. The van der Waals surface area contributed by atoms with Crippen LogP contribution in [0.15, 0.2) is 47.5 Å². The van der Waals surface area contributed by atoms with Gasteiger partial charge in [0.2, 0.25) is 0 Å². The number of carbonyl (C=O) groups excluding carboxylic acids is 1. The van der Waals surface area contributed by atoms with Gasteiger partial charge in [0.05, 0.1) is 28.9 Å². The molecule has 0 radical (unpaired) electrons. The van der Waals surface area contributed by atoms with Crippen LogP contribution in [-0.2, 0) is 11.3 Å². The molecule has 0 aliphatic heterocycles. The van der Waals surface area contributed by atoms with Crippen LogP contribution in [0.1, 0.15) is 17.3 Å². The van der Waals surface area contributed by atoms with Crippen LogP contribution in [-0.4, -0.2) is 35.7 Å². The van der Waals surface area contributed by atoms with Crippen molar-refractivity contribution in [2.75, 3.05) is 20.3 Å². The minimum atomic E-state index is -0.441. The van der Waals surface area contributed by atoms with Gasteiger partial charge in [0.1, 0.15) is 5.75 Å². The summed E-state index contributed by atoms with van der Waals surface area (Å²) in [6, 6.07) is 11.3.